The van der Waals surface area contributed by atoms with E-state index in [1.54, 1.807) is 6.92 Å². The van der Waals surface area contributed by atoms with E-state index in [0.717, 1.165) is 32.1 Å². The maximum absolute atomic E-state index is 11.8. The fourth-order valence-electron chi connectivity index (χ4n) is 4.48. The first kappa shape index (κ1) is 31.1. The zero-order valence-corrected chi connectivity index (χ0v) is 21.3. The number of hydrogen-bond donors (Lipinski definition) is 2. The van der Waals surface area contributed by atoms with Crippen LogP contribution in [0.3, 0.4) is 0 Å². The molecule has 33 heavy (non-hydrogen) atoms. The molecule has 7 heteroatoms. The van der Waals surface area contributed by atoms with Crippen molar-refractivity contribution < 1.29 is 34.2 Å². The van der Waals surface area contributed by atoms with E-state index >= 15 is 0 Å². The van der Waals surface area contributed by atoms with Crippen LogP contribution in [0.15, 0.2) is 12.2 Å². The Hall–Kier alpha value is -1.89. The van der Waals surface area contributed by atoms with Crippen LogP contribution in [-0.4, -0.2) is 58.8 Å². The topological polar surface area (TPSA) is 115 Å². The molecule has 0 saturated heterocycles. The number of unbranched alkanes of at least 4 members (excludes halogenated alkanes) is 5. The summed E-state index contributed by atoms with van der Waals surface area (Å²) in [5.74, 6) is -4.99. The number of carbonyl (C=O) groups is 3. The van der Waals surface area contributed by atoms with Gasteiger partial charge < -0.3 is 24.6 Å². The maximum atomic E-state index is 11.8. The molecule has 3 atom stereocenters. The molecule has 0 rings (SSSR count). The Morgan fingerprint density at radius 2 is 1.18 bits per heavy atom. The van der Waals surface area contributed by atoms with Crippen LogP contribution in [0, 0.1) is 17.8 Å². The van der Waals surface area contributed by atoms with Crippen LogP contribution in [0.1, 0.15) is 91.9 Å². The molecule has 0 aromatic heterocycles. The summed E-state index contributed by atoms with van der Waals surface area (Å²) < 4.78 is 0.203. The third-order valence-corrected chi connectivity index (χ3v) is 6.73. The Bertz CT molecular complexity index is 544. The fourth-order valence-corrected chi connectivity index (χ4v) is 4.48. The van der Waals surface area contributed by atoms with Gasteiger partial charge in [-0.25, -0.2) is 0 Å². The van der Waals surface area contributed by atoms with Crippen molar-refractivity contribution in [1.82, 2.24) is 0 Å². The van der Waals surface area contributed by atoms with Gasteiger partial charge in [0.25, 0.3) is 0 Å². The highest BCUT2D eigenvalue weighted by Gasteiger charge is 2.39. The molecule has 2 N–H and O–H groups in total. The van der Waals surface area contributed by atoms with Crippen molar-refractivity contribution in [2.75, 3.05) is 26.2 Å². The number of carbonyl (C=O) groups excluding carboxylic acids is 1. The summed E-state index contributed by atoms with van der Waals surface area (Å²) >= 11 is 0. The number of rotatable bonds is 21. The van der Waals surface area contributed by atoms with Crippen molar-refractivity contribution in [3.8, 4) is 0 Å². The van der Waals surface area contributed by atoms with E-state index in [1.807, 2.05) is 13.8 Å². The lowest BCUT2D eigenvalue weighted by atomic mass is 9.95. The number of quaternary nitrogens is 1. The van der Waals surface area contributed by atoms with Gasteiger partial charge in [-0.1, -0.05) is 52.7 Å². The predicted octanol–water partition coefficient (Wildman–Crippen LogP) is 4.11. The first-order valence-corrected chi connectivity index (χ1v) is 12.8. The van der Waals surface area contributed by atoms with Crippen LogP contribution < -0.4 is 5.11 Å². The molecule has 0 aliphatic rings. The van der Waals surface area contributed by atoms with Gasteiger partial charge in [0.15, 0.2) is 0 Å². The molecule has 0 heterocycles. The van der Waals surface area contributed by atoms with E-state index < -0.39 is 35.7 Å². The lowest BCUT2D eigenvalue weighted by Gasteiger charge is -2.44. The molecule has 0 fully saturated rings. The van der Waals surface area contributed by atoms with E-state index in [-0.39, 0.29) is 24.1 Å². The smallest absolute Gasteiger partial charge is 0.312 e. The van der Waals surface area contributed by atoms with Gasteiger partial charge in [-0.15, -0.1) is 0 Å². The summed E-state index contributed by atoms with van der Waals surface area (Å²) in [5, 5.41) is 31.2. The second-order valence-electron chi connectivity index (χ2n) is 9.39. The molecule has 0 aromatic rings. The molecule has 0 aliphatic carbocycles. The normalized spacial score (nSPS) is 16.2. The van der Waals surface area contributed by atoms with Crippen molar-refractivity contribution in [3.05, 3.63) is 12.2 Å². The standard InChI is InChI=1S/C26H47NO6/c1-5-9-10-11-12-13-14-15-16-17-27(18-21(6-2)24(28)29,19-22(7-3)25(30)31)20-23(8-4)26(32)33/h11-12,21-23H,5-10,13-20H2,1-4H3,(H2-,28,29,30,31,32,33)/b12-11+. The van der Waals surface area contributed by atoms with Gasteiger partial charge in [-0.2, -0.15) is 0 Å². The number of aliphatic carboxylic acids is 3. The second kappa shape index (κ2) is 17.6. The predicted molar refractivity (Wildman–Crippen MR) is 128 cm³/mol. The van der Waals surface area contributed by atoms with E-state index in [1.165, 1.54) is 12.8 Å². The molecule has 192 valence electrons. The van der Waals surface area contributed by atoms with Crippen LogP contribution >= 0.6 is 0 Å². The third kappa shape index (κ3) is 12.8. The van der Waals surface area contributed by atoms with E-state index in [0.29, 0.717) is 25.8 Å². The first-order valence-electron chi connectivity index (χ1n) is 12.8. The van der Waals surface area contributed by atoms with E-state index in [2.05, 4.69) is 19.1 Å². The van der Waals surface area contributed by atoms with Crippen molar-refractivity contribution in [1.29, 1.82) is 0 Å². The average molecular weight is 470 g/mol. The van der Waals surface area contributed by atoms with Crippen LogP contribution in [-0.2, 0) is 14.4 Å². The Kier molecular flexibility index (Phi) is 16.6. The minimum atomic E-state index is -1.15. The van der Waals surface area contributed by atoms with Gasteiger partial charge >= 0.3 is 11.9 Å². The summed E-state index contributed by atoms with van der Waals surface area (Å²) in [7, 11) is 0. The summed E-state index contributed by atoms with van der Waals surface area (Å²) in [6.07, 6.45) is 12.8. The van der Waals surface area contributed by atoms with Gasteiger partial charge in [0.05, 0.1) is 32.1 Å². The number of allylic oxidation sites excluding steroid dienone is 2. The molecular weight excluding hydrogens is 422 g/mol. The lowest BCUT2D eigenvalue weighted by Crippen LogP contribution is -2.59. The third-order valence-electron chi connectivity index (χ3n) is 6.73. The number of nitrogens with zero attached hydrogens (tertiary/aromatic N) is 1. The SMILES string of the molecule is CCCC/C=C/CCCCC[N+](CC(CC)C(=O)[O-])(CC(CC)C(=O)O)CC(CC)C(=O)O. The quantitative estimate of drug-likeness (QED) is 0.149. The molecule has 0 saturated carbocycles. The number of carboxylic acids is 3. The highest BCUT2D eigenvalue weighted by atomic mass is 16.4. The number of hydrogen-bond acceptors (Lipinski definition) is 4. The van der Waals surface area contributed by atoms with Crippen molar-refractivity contribution >= 4 is 17.9 Å². The van der Waals surface area contributed by atoms with Gasteiger partial charge in [0, 0.05) is 5.92 Å². The Morgan fingerprint density at radius 3 is 1.58 bits per heavy atom. The Labute approximate surface area is 200 Å². The van der Waals surface area contributed by atoms with Crippen molar-refractivity contribution in [2.45, 2.75) is 91.9 Å². The zero-order valence-electron chi connectivity index (χ0n) is 21.3. The molecule has 0 bridgehead atoms. The van der Waals surface area contributed by atoms with Gasteiger partial charge in [-0.3, -0.25) is 9.59 Å². The van der Waals surface area contributed by atoms with Crippen LogP contribution in [0.25, 0.3) is 0 Å². The van der Waals surface area contributed by atoms with Crippen molar-refractivity contribution in [3.63, 3.8) is 0 Å². The molecule has 0 aliphatic heterocycles. The van der Waals surface area contributed by atoms with Gasteiger partial charge in [-0.05, 0) is 51.4 Å². The minimum Gasteiger partial charge on any atom is -0.550 e. The Balaban J connectivity index is 5.59. The molecule has 0 amide bonds. The first-order chi connectivity index (χ1) is 15.7. The molecule has 7 nitrogen and oxygen atoms in total. The zero-order chi connectivity index (χ0) is 25.3. The summed E-state index contributed by atoms with van der Waals surface area (Å²) in [4.78, 5) is 35.4. The minimum absolute atomic E-state index is 0.203. The number of carboxylic acid groups (broad SMARTS) is 3. The van der Waals surface area contributed by atoms with E-state index in [9.17, 15) is 29.7 Å². The molecule has 0 radical (unpaired) electrons. The largest absolute Gasteiger partial charge is 0.550 e. The summed E-state index contributed by atoms with van der Waals surface area (Å²) in [5.41, 5.74) is 0. The van der Waals surface area contributed by atoms with Crippen LogP contribution in [0.5, 0.6) is 0 Å². The highest BCUT2D eigenvalue weighted by Crippen LogP contribution is 2.25. The molecule has 3 unspecified atom stereocenters. The van der Waals surface area contributed by atoms with E-state index in [4.69, 9.17) is 0 Å². The monoisotopic (exact) mass is 469 g/mol. The fraction of sp³-hybridized carbons (Fsp3) is 0.808. The second-order valence-corrected chi connectivity index (χ2v) is 9.39. The lowest BCUT2D eigenvalue weighted by molar-refractivity contribution is -0.935. The van der Waals surface area contributed by atoms with Gasteiger partial charge in [0.1, 0.15) is 11.8 Å². The van der Waals surface area contributed by atoms with Crippen LogP contribution in [0.2, 0.25) is 0 Å². The summed E-state index contributed by atoms with van der Waals surface area (Å²) in [6, 6.07) is 0. The van der Waals surface area contributed by atoms with Crippen molar-refractivity contribution in [2.24, 2.45) is 17.8 Å². The molecule has 0 spiro atoms. The maximum Gasteiger partial charge on any atom is 0.312 e. The summed E-state index contributed by atoms with van der Waals surface area (Å²) in [6.45, 7) is 8.85. The van der Waals surface area contributed by atoms with Gasteiger partial charge in [0.2, 0.25) is 0 Å². The molecular formula is C26H47NO6. The van der Waals surface area contributed by atoms with Crippen LogP contribution in [0.4, 0.5) is 0 Å². The Morgan fingerprint density at radius 1 is 0.727 bits per heavy atom. The molecule has 0 aromatic carbocycles. The highest BCUT2D eigenvalue weighted by molar-refractivity contribution is 5.70. The average Bonchev–Trinajstić information content (AvgIpc) is 2.77.